The third-order valence-electron chi connectivity index (χ3n) is 8.04. The molecule has 14 nitrogen and oxygen atoms in total. The SMILES string of the molecule is C1CCOC1.C1CCOC1.C1CCOC1.C1CCOC1.O.O.[Na+].[Na+].[O-]c1c([O-])c(Cl)c(Cl)c(Cl)c1Cl.[O-]c1c([O-])c(Cl)c(Cl)c(Cl)c1Cl.[O-]c1c([O-])c(Cl)c(Cl)c(Cl)c1Cl.[O-]c1c([O-])c(Cl)c(Cl)c(Cl)c1Cl.[Ru+3].[Ru+3]. The standard InChI is InChI=1S/4C6H2Cl4O2.4C4H8O.2Na.2H2O.2Ru/c4*7-1-2(8)4(10)6(12)5(11)3(1)9;4*1-2-4-5-3-1;;;;;;/h4*11-12H;4*1-4H2;;;2*1H2;;/q;;;;;;;;2*+1;;;2*+3/p-8. The minimum atomic E-state index is -0.934. The van der Waals surface area contributed by atoms with Gasteiger partial charge in [0.1, 0.15) is 0 Å². The van der Waals surface area contributed by atoms with Crippen molar-refractivity contribution in [2.75, 3.05) is 52.9 Å². The van der Waals surface area contributed by atoms with Gasteiger partial charge in [0, 0.05) is 52.9 Å². The van der Waals surface area contributed by atoms with Crippen molar-refractivity contribution in [3.63, 3.8) is 0 Å². The molecule has 0 atom stereocenters. The van der Waals surface area contributed by atoms with Gasteiger partial charge in [0.25, 0.3) is 0 Å². The molecule has 0 aromatic heterocycles. The first-order valence-electron chi connectivity index (χ1n) is 19.0. The fraction of sp³-hybridized carbons (Fsp3) is 0.400. The molecule has 4 N–H and O–H groups in total. The first kappa shape index (κ1) is 88.2. The zero-order valence-corrected chi connectivity index (χ0v) is 57.5. The molecule has 410 valence electrons. The molecular formula is C40H36Cl16Na2O14Ru2. The molecule has 0 aliphatic carbocycles. The van der Waals surface area contributed by atoms with Crippen molar-refractivity contribution in [1.29, 1.82) is 0 Å². The maximum absolute atomic E-state index is 10.9. The van der Waals surface area contributed by atoms with Gasteiger partial charge in [0.15, 0.2) is 0 Å². The van der Waals surface area contributed by atoms with Crippen LogP contribution in [0.2, 0.25) is 80.4 Å². The van der Waals surface area contributed by atoms with Crippen LogP contribution in [0.5, 0.6) is 46.0 Å². The van der Waals surface area contributed by atoms with Gasteiger partial charge in [-0.05, 0) is 51.4 Å². The summed E-state index contributed by atoms with van der Waals surface area (Å²) in [5.41, 5.74) is 0. The number of benzene rings is 4. The van der Waals surface area contributed by atoms with Crippen LogP contribution in [0.3, 0.4) is 0 Å². The number of hydrogen-bond acceptors (Lipinski definition) is 12. The van der Waals surface area contributed by atoms with Crippen LogP contribution in [0.4, 0.5) is 0 Å². The van der Waals surface area contributed by atoms with Gasteiger partial charge in [0.05, 0.1) is 80.4 Å². The Balaban J connectivity index is -0.000000181. The summed E-state index contributed by atoms with van der Waals surface area (Å²) in [6.45, 7) is 8.00. The summed E-state index contributed by atoms with van der Waals surface area (Å²) in [6.07, 6.45) is 10.2. The topological polar surface area (TPSA) is 284 Å². The monoisotopic (exact) mass is 1550 g/mol. The smallest absolute Gasteiger partial charge is 0.872 e. The summed E-state index contributed by atoms with van der Waals surface area (Å²) < 4.78 is 19.8. The third kappa shape index (κ3) is 29.0. The van der Waals surface area contributed by atoms with Gasteiger partial charge in [0.2, 0.25) is 0 Å². The van der Waals surface area contributed by atoms with Crippen molar-refractivity contribution in [1.82, 2.24) is 0 Å². The second kappa shape index (κ2) is 47.3. The van der Waals surface area contributed by atoms with Crippen LogP contribution in [-0.4, -0.2) is 63.8 Å². The Morgan fingerprint density at radius 3 is 0.338 bits per heavy atom. The van der Waals surface area contributed by atoms with E-state index in [0.717, 1.165) is 52.9 Å². The van der Waals surface area contributed by atoms with E-state index < -0.39 is 86.2 Å². The molecule has 4 saturated heterocycles. The molecule has 74 heavy (non-hydrogen) atoms. The number of hydrogen-bond donors (Lipinski definition) is 0. The predicted molar refractivity (Wildman–Crippen MR) is 269 cm³/mol. The second-order valence-electron chi connectivity index (χ2n) is 12.9. The molecule has 4 fully saturated rings. The van der Waals surface area contributed by atoms with Crippen LogP contribution in [-0.2, 0) is 57.9 Å². The molecule has 4 aromatic carbocycles. The Hall–Kier alpha value is 2.93. The predicted octanol–water partition coefficient (Wildman–Crippen LogP) is 5.33. The van der Waals surface area contributed by atoms with Gasteiger partial charge < -0.3 is 70.8 Å². The van der Waals surface area contributed by atoms with E-state index in [4.69, 9.17) is 205 Å². The van der Waals surface area contributed by atoms with Crippen molar-refractivity contribution < 1.29 is 169 Å². The molecule has 34 heteroatoms. The van der Waals surface area contributed by atoms with Crippen molar-refractivity contribution >= 4 is 186 Å². The molecule has 2 radical (unpaired) electrons. The van der Waals surface area contributed by atoms with Crippen LogP contribution >= 0.6 is 186 Å². The molecule has 4 aliphatic rings. The molecule has 0 bridgehead atoms. The van der Waals surface area contributed by atoms with Crippen LogP contribution in [0.1, 0.15) is 51.4 Å². The van der Waals surface area contributed by atoms with E-state index >= 15 is 0 Å². The number of halogens is 16. The summed E-state index contributed by atoms with van der Waals surface area (Å²) in [5, 5.41) is 82.5. The fourth-order valence-corrected chi connectivity index (χ4v) is 7.68. The molecule has 0 spiro atoms. The Morgan fingerprint density at radius 2 is 0.284 bits per heavy atom. The summed E-state index contributed by atoms with van der Waals surface area (Å²) >= 11 is 86.8. The van der Waals surface area contributed by atoms with E-state index in [2.05, 4.69) is 0 Å². The number of ether oxygens (including phenoxy) is 4. The minimum Gasteiger partial charge on any atom is -0.872 e. The molecule has 0 amide bonds. The molecule has 4 aliphatic heterocycles. The summed E-state index contributed by atoms with van der Waals surface area (Å²) in [7, 11) is 0. The second-order valence-corrected chi connectivity index (χ2v) is 19.0. The maximum atomic E-state index is 10.9. The Kier molecular flexibility index (Phi) is 56.4. The summed E-state index contributed by atoms with van der Waals surface area (Å²) in [5.74, 6) is -7.47. The molecule has 0 saturated carbocycles. The van der Waals surface area contributed by atoms with Crippen molar-refractivity contribution in [2.24, 2.45) is 0 Å². The van der Waals surface area contributed by atoms with Gasteiger partial charge in [-0.25, -0.2) is 0 Å². The molecule has 4 aromatic rings. The van der Waals surface area contributed by atoms with E-state index in [1.54, 1.807) is 0 Å². The summed E-state index contributed by atoms with van der Waals surface area (Å²) in [4.78, 5) is 0. The van der Waals surface area contributed by atoms with E-state index in [1.165, 1.54) is 51.4 Å². The van der Waals surface area contributed by atoms with Crippen LogP contribution in [0, 0.1) is 0 Å². The first-order chi connectivity index (χ1) is 31.9. The van der Waals surface area contributed by atoms with Gasteiger partial charge in [-0.2, -0.15) is 0 Å². The average molecular weight is 1560 g/mol. The first-order valence-corrected chi connectivity index (χ1v) is 25.0. The van der Waals surface area contributed by atoms with E-state index in [1.807, 2.05) is 0 Å². The number of rotatable bonds is 0. The van der Waals surface area contributed by atoms with Gasteiger partial charge in [-0.3, -0.25) is 0 Å². The van der Waals surface area contributed by atoms with E-state index in [-0.39, 0.29) is 149 Å². The zero-order valence-electron chi connectivity index (χ0n) is 38.0. The largest absolute Gasteiger partial charge is 3.00 e. The normalized spacial score (nSPS) is 13.2. The Bertz CT molecular complexity index is 1510. The average Bonchev–Trinajstić information content (AvgIpc) is 4.22. The fourth-order valence-electron chi connectivity index (χ4n) is 4.41. The third-order valence-corrected chi connectivity index (χ3v) is 15.1. The Labute approximate surface area is 577 Å². The van der Waals surface area contributed by atoms with Gasteiger partial charge in [-0.1, -0.05) is 232 Å². The van der Waals surface area contributed by atoms with Crippen LogP contribution in [0.25, 0.3) is 0 Å². The molecule has 4 heterocycles. The molecule has 8 rings (SSSR count). The van der Waals surface area contributed by atoms with Gasteiger partial charge >= 0.3 is 98.1 Å². The Morgan fingerprint density at radius 1 is 0.203 bits per heavy atom. The van der Waals surface area contributed by atoms with Crippen LogP contribution < -0.4 is 100.0 Å². The summed E-state index contributed by atoms with van der Waals surface area (Å²) in [6, 6.07) is 0. The zero-order chi connectivity index (χ0) is 52.0. The van der Waals surface area contributed by atoms with Crippen molar-refractivity contribution in [2.45, 2.75) is 51.4 Å². The maximum Gasteiger partial charge on any atom is 3.00 e. The van der Waals surface area contributed by atoms with Crippen molar-refractivity contribution in [3.05, 3.63) is 80.4 Å². The van der Waals surface area contributed by atoms with Crippen molar-refractivity contribution in [3.8, 4) is 46.0 Å². The minimum absolute atomic E-state index is 0. The van der Waals surface area contributed by atoms with E-state index in [0.29, 0.717) is 0 Å². The van der Waals surface area contributed by atoms with Crippen LogP contribution in [0.15, 0.2) is 0 Å². The quantitative estimate of drug-likeness (QED) is 0.123. The molecular weight excluding hydrogens is 1520 g/mol. The molecule has 0 unspecified atom stereocenters. The van der Waals surface area contributed by atoms with E-state index in [9.17, 15) is 40.9 Å². The van der Waals surface area contributed by atoms with Gasteiger partial charge in [-0.15, -0.1) is 0 Å².